The van der Waals surface area contributed by atoms with Gasteiger partial charge in [0.2, 0.25) is 0 Å². The molecule has 0 radical (unpaired) electrons. The minimum absolute atomic E-state index is 0.363. The second kappa shape index (κ2) is 5.84. The van der Waals surface area contributed by atoms with Crippen LogP contribution in [0.3, 0.4) is 0 Å². The summed E-state index contributed by atoms with van der Waals surface area (Å²) in [5.74, 6) is -0.363. The minimum Gasteiger partial charge on any atom is -0.454 e. The number of rotatable bonds is 3. The standard InChI is InChI=1S/C16H12ClNO2S/c1-10(12-4-2-3-5-13(12)17)20-16(19)11-6-7-14-15(8-11)21-9-18-14/h2-10H,1H3/t10-/m0/s1. The van der Waals surface area contributed by atoms with Crippen LogP contribution in [0.25, 0.3) is 10.2 Å². The van der Waals surface area contributed by atoms with Crippen LogP contribution in [0.15, 0.2) is 48.0 Å². The van der Waals surface area contributed by atoms with Gasteiger partial charge in [-0.3, -0.25) is 0 Å². The Balaban J connectivity index is 1.81. The summed E-state index contributed by atoms with van der Waals surface area (Å²) in [4.78, 5) is 16.4. The first-order valence-corrected chi connectivity index (χ1v) is 7.69. The fourth-order valence-corrected chi connectivity index (χ4v) is 3.08. The molecule has 0 fully saturated rings. The summed E-state index contributed by atoms with van der Waals surface area (Å²) in [6.07, 6.45) is -0.400. The second-order valence-corrected chi connectivity index (χ2v) is 5.90. The van der Waals surface area contributed by atoms with Gasteiger partial charge in [0, 0.05) is 10.6 Å². The molecular formula is C16H12ClNO2S. The third kappa shape index (κ3) is 2.91. The predicted molar refractivity (Wildman–Crippen MR) is 84.9 cm³/mol. The molecule has 3 rings (SSSR count). The maximum atomic E-state index is 12.2. The molecule has 2 aromatic carbocycles. The molecule has 0 aliphatic heterocycles. The normalized spacial score (nSPS) is 12.3. The van der Waals surface area contributed by atoms with Gasteiger partial charge in [-0.05, 0) is 31.2 Å². The Kier molecular flexibility index (Phi) is 3.90. The second-order valence-electron chi connectivity index (χ2n) is 4.60. The van der Waals surface area contributed by atoms with Gasteiger partial charge in [-0.15, -0.1) is 11.3 Å². The van der Waals surface area contributed by atoms with E-state index in [1.807, 2.05) is 31.2 Å². The summed E-state index contributed by atoms with van der Waals surface area (Å²) in [5, 5.41) is 0.593. The molecule has 0 amide bonds. The summed E-state index contributed by atoms with van der Waals surface area (Å²) >= 11 is 7.61. The third-order valence-corrected chi connectivity index (χ3v) is 4.33. The van der Waals surface area contributed by atoms with Crippen molar-refractivity contribution in [3.8, 4) is 0 Å². The number of halogens is 1. The van der Waals surface area contributed by atoms with E-state index in [1.165, 1.54) is 11.3 Å². The number of carbonyl (C=O) groups excluding carboxylic acids is 1. The number of esters is 1. The molecule has 5 heteroatoms. The van der Waals surface area contributed by atoms with Crippen molar-refractivity contribution in [1.29, 1.82) is 0 Å². The van der Waals surface area contributed by atoms with E-state index in [0.717, 1.165) is 15.8 Å². The third-order valence-electron chi connectivity index (χ3n) is 3.19. The molecule has 0 spiro atoms. The van der Waals surface area contributed by atoms with Crippen LogP contribution in [-0.2, 0) is 4.74 Å². The van der Waals surface area contributed by atoms with Crippen LogP contribution < -0.4 is 0 Å². The van der Waals surface area contributed by atoms with Crippen molar-refractivity contribution in [3.63, 3.8) is 0 Å². The zero-order chi connectivity index (χ0) is 14.8. The first kappa shape index (κ1) is 14.0. The highest BCUT2D eigenvalue weighted by Gasteiger charge is 2.16. The number of fused-ring (bicyclic) bond motifs is 1. The van der Waals surface area contributed by atoms with E-state index in [1.54, 1.807) is 23.7 Å². The zero-order valence-corrected chi connectivity index (χ0v) is 12.8. The highest BCUT2D eigenvalue weighted by atomic mass is 35.5. The van der Waals surface area contributed by atoms with E-state index in [0.29, 0.717) is 10.6 Å². The average molecular weight is 318 g/mol. The lowest BCUT2D eigenvalue weighted by Crippen LogP contribution is -2.09. The summed E-state index contributed by atoms with van der Waals surface area (Å²) in [7, 11) is 0. The number of thiazole rings is 1. The van der Waals surface area contributed by atoms with Crippen LogP contribution >= 0.6 is 22.9 Å². The van der Waals surface area contributed by atoms with Gasteiger partial charge >= 0.3 is 5.97 Å². The van der Waals surface area contributed by atoms with Crippen molar-refractivity contribution < 1.29 is 9.53 Å². The maximum absolute atomic E-state index is 12.2. The minimum atomic E-state index is -0.400. The number of ether oxygens (including phenoxy) is 1. The highest BCUT2D eigenvalue weighted by Crippen LogP contribution is 2.26. The first-order chi connectivity index (χ1) is 10.1. The molecule has 0 N–H and O–H groups in total. The van der Waals surface area contributed by atoms with Gasteiger partial charge in [0.25, 0.3) is 0 Å². The topological polar surface area (TPSA) is 39.2 Å². The first-order valence-electron chi connectivity index (χ1n) is 6.44. The molecular weight excluding hydrogens is 306 g/mol. The Hall–Kier alpha value is -1.91. The Labute approximate surface area is 131 Å². The molecule has 0 aliphatic carbocycles. The van der Waals surface area contributed by atoms with Gasteiger partial charge in [-0.25, -0.2) is 9.78 Å². The summed E-state index contributed by atoms with van der Waals surface area (Å²) in [6, 6.07) is 12.7. The smallest absolute Gasteiger partial charge is 0.338 e. The van der Waals surface area contributed by atoms with Crippen LogP contribution in [-0.4, -0.2) is 11.0 Å². The lowest BCUT2D eigenvalue weighted by molar-refractivity contribution is 0.0338. The van der Waals surface area contributed by atoms with E-state index in [2.05, 4.69) is 4.98 Å². The average Bonchev–Trinajstić information content (AvgIpc) is 2.94. The molecule has 0 aliphatic rings. The van der Waals surface area contributed by atoms with Crippen LogP contribution in [0.1, 0.15) is 28.9 Å². The number of benzene rings is 2. The number of hydrogen-bond acceptors (Lipinski definition) is 4. The van der Waals surface area contributed by atoms with Crippen molar-refractivity contribution in [2.75, 3.05) is 0 Å². The molecule has 3 aromatic rings. The summed E-state index contributed by atoms with van der Waals surface area (Å²) in [6.45, 7) is 1.81. The van der Waals surface area contributed by atoms with Gasteiger partial charge in [-0.1, -0.05) is 29.8 Å². The van der Waals surface area contributed by atoms with Crippen LogP contribution in [0, 0.1) is 0 Å². The molecule has 1 aromatic heterocycles. The van der Waals surface area contributed by atoms with Crippen molar-refractivity contribution in [2.24, 2.45) is 0 Å². The van der Waals surface area contributed by atoms with E-state index in [9.17, 15) is 4.79 Å². The lowest BCUT2D eigenvalue weighted by Gasteiger charge is -2.14. The zero-order valence-electron chi connectivity index (χ0n) is 11.2. The number of hydrogen-bond donors (Lipinski definition) is 0. The molecule has 3 nitrogen and oxygen atoms in total. The van der Waals surface area contributed by atoms with Crippen LogP contribution in [0.4, 0.5) is 0 Å². The van der Waals surface area contributed by atoms with E-state index in [4.69, 9.17) is 16.3 Å². The number of carbonyl (C=O) groups is 1. The fraction of sp³-hybridized carbons (Fsp3) is 0.125. The van der Waals surface area contributed by atoms with Gasteiger partial charge < -0.3 is 4.74 Å². The quantitative estimate of drug-likeness (QED) is 0.647. The monoisotopic (exact) mass is 317 g/mol. The Morgan fingerprint density at radius 3 is 2.90 bits per heavy atom. The largest absolute Gasteiger partial charge is 0.454 e. The van der Waals surface area contributed by atoms with Gasteiger partial charge in [0.05, 0.1) is 21.3 Å². The van der Waals surface area contributed by atoms with Crippen molar-refractivity contribution in [1.82, 2.24) is 4.98 Å². The molecule has 106 valence electrons. The molecule has 1 heterocycles. The number of aromatic nitrogens is 1. The van der Waals surface area contributed by atoms with Crippen LogP contribution in [0.5, 0.6) is 0 Å². The highest BCUT2D eigenvalue weighted by molar-refractivity contribution is 7.16. The summed E-state index contributed by atoms with van der Waals surface area (Å²) < 4.78 is 6.46. The molecule has 0 saturated heterocycles. The Morgan fingerprint density at radius 2 is 2.10 bits per heavy atom. The van der Waals surface area contributed by atoms with Crippen molar-refractivity contribution in [2.45, 2.75) is 13.0 Å². The Bertz CT molecular complexity index is 800. The van der Waals surface area contributed by atoms with Gasteiger partial charge in [0.15, 0.2) is 0 Å². The van der Waals surface area contributed by atoms with Gasteiger partial charge in [0.1, 0.15) is 6.10 Å². The van der Waals surface area contributed by atoms with E-state index < -0.39 is 6.10 Å². The van der Waals surface area contributed by atoms with Crippen molar-refractivity contribution in [3.05, 3.63) is 64.1 Å². The predicted octanol–water partition coefficient (Wildman–Crippen LogP) is 4.87. The summed E-state index contributed by atoms with van der Waals surface area (Å²) in [5.41, 5.74) is 3.96. The maximum Gasteiger partial charge on any atom is 0.338 e. The molecule has 21 heavy (non-hydrogen) atoms. The van der Waals surface area contributed by atoms with Crippen molar-refractivity contribution >= 4 is 39.1 Å². The molecule has 0 bridgehead atoms. The number of nitrogens with zero attached hydrogens (tertiary/aromatic N) is 1. The van der Waals surface area contributed by atoms with Crippen LogP contribution in [0.2, 0.25) is 5.02 Å². The molecule has 0 unspecified atom stereocenters. The fourth-order valence-electron chi connectivity index (χ4n) is 2.08. The van der Waals surface area contributed by atoms with Gasteiger partial charge in [-0.2, -0.15) is 0 Å². The van der Waals surface area contributed by atoms with E-state index in [-0.39, 0.29) is 5.97 Å². The van der Waals surface area contributed by atoms with E-state index >= 15 is 0 Å². The Morgan fingerprint density at radius 1 is 1.29 bits per heavy atom. The molecule has 1 atom stereocenters. The lowest BCUT2D eigenvalue weighted by atomic mass is 10.1. The molecule has 0 saturated carbocycles. The SMILES string of the molecule is C[C@H](OC(=O)c1ccc2ncsc2c1)c1ccccc1Cl.